The van der Waals surface area contributed by atoms with E-state index in [9.17, 15) is 0 Å². The van der Waals surface area contributed by atoms with Crippen LogP contribution in [-0.4, -0.2) is 0 Å². The third kappa shape index (κ3) is 3.85. The van der Waals surface area contributed by atoms with Crippen LogP contribution in [0.2, 0.25) is 0 Å². The molecule has 3 heteroatoms. The summed E-state index contributed by atoms with van der Waals surface area (Å²) in [4.78, 5) is 5.03. The van der Waals surface area contributed by atoms with Gasteiger partial charge in [0.25, 0.3) is 0 Å². The predicted molar refractivity (Wildman–Crippen MR) is 191 cm³/mol. The lowest BCUT2D eigenvalue weighted by atomic mass is 9.66. The molecule has 3 aliphatic rings. The summed E-state index contributed by atoms with van der Waals surface area (Å²) in [5.74, 6) is 1.83. The Morgan fingerprint density at radius 3 is 1.83 bits per heavy atom. The van der Waals surface area contributed by atoms with Crippen LogP contribution in [0.25, 0.3) is 28.0 Å². The van der Waals surface area contributed by atoms with E-state index in [4.69, 9.17) is 9.73 Å². The van der Waals surface area contributed by atoms with Crippen LogP contribution in [0.4, 0.5) is 0 Å². The van der Waals surface area contributed by atoms with Gasteiger partial charge in [-0.1, -0.05) is 146 Å². The molecule has 2 aliphatic heterocycles. The monoisotopic (exact) mass is 614 g/mol. The molecular weight excluding hydrogens is 585 g/mol. The number of hydrogen-bond donors (Lipinski definition) is 1. The second kappa shape index (κ2) is 10.4. The maximum atomic E-state index is 6.49. The molecule has 1 aliphatic carbocycles. The van der Waals surface area contributed by atoms with Crippen molar-refractivity contribution in [2.75, 3.05) is 0 Å². The average Bonchev–Trinajstić information content (AvgIpc) is 3.45. The molecule has 10 rings (SSSR count). The van der Waals surface area contributed by atoms with Gasteiger partial charge in [0.2, 0.25) is 0 Å². The Morgan fingerprint density at radius 2 is 1.06 bits per heavy atom. The second-order valence-electron chi connectivity index (χ2n) is 12.7. The van der Waals surface area contributed by atoms with Crippen molar-refractivity contribution in [2.24, 2.45) is 4.99 Å². The molecule has 48 heavy (non-hydrogen) atoms. The molecule has 0 fully saturated rings. The Bertz CT molecular complexity index is 2470. The van der Waals surface area contributed by atoms with Crippen LogP contribution < -0.4 is 20.6 Å². The van der Waals surface area contributed by atoms with E-state index in [2.05, 4.69) is 169 Å². The molecule has 1 spiro atoms. The highest BCUT2D eigenvalue weighted by Crippen LogP contribution is 2.62. The van der Waals surface area contributed by atoms with Gasteiger partial charge in [-0.2, -0.15) is 0 Å². The number of para-hydroxylation sites is 3. The molecule has 0 radical (unpaired) electrons. The van der Waals surface area contributed by atoms with Crippen LogP contribution in [-0.2, 0) is 5.41 Å². The third-order valence-electron chi connectivity index (χ3n) is 10.2. The van der Waals surface area contributed by atoms with Crippen molar-refractivity contribution in [2.45, 2.75) is 11.6 Å². The largest absolute Gasteiger partial charge is 0.457 e. The zero-order chi connectivity index (χ0) is 31.7. The van der Waals surface area contributed by atoms with Crippen LogP contribution in [0, 0.1) is 0 Å². The summed E-state index contributed by atoms with van der Waals surface area (Å²) in [7, 11) is 0. The first-order chi connectivity index (χ1) is 23.8. The Kier molecular flexibility index (Phi) is 5.85. The molecule has 7 aromatic carbocycles. The Hall–Kier alpha value is -6.19. The van der Waals surface area contributed by atoms with Crippen LogP contribution in [0.5, 0.6) is 11.5 Å². The molecule has 1 atom stereocenters. The van der Waals surface area contributed by atoms with Crippen molar-refractivity contribution in [1.82, 2.24) is 5.32 Å². The Balaban J connectivity index is 1.09. The summed E-state index contributed by atoms with van der Waals surface area (Å²) in [5, 5.41) is 5.86. The van der Waals surface area contributed by atoms with Gasteiger partial charge in [-0.05, 0) is 68.8 Å². The van der Waals surface area contributed by atoms with Gasteiger partial charge in [0.1, 0.15) is 17.7 Å². The number of rotatable bonds is 3. The summed E-state index contributed by atoms with van der Waals surface area (Å²) >= 11 is 0. The van der Waals surface area contributed by atoms with Gasteiger partial charge in [0.15, 0.2) is 0 Å². The van der Waals surface area contributed by atoms with E-state index < -0.39 is 5.41 Å². The molecule has 1 unspecified atom stereocenters. The fraction of sp³-hybridized carbons (Fsp3) is 0.0444. The third-order valence-corrected chi connectivity index (χ3v) is 10.2. The van der Waals surface area contributed by atoms with Crippen molar-refractivity contribution >= 4 is 5.70 Å². The smallest absolute Gasteiger partial charge is 0.145 e. The van der Waals surface area contributed by atoms with Gasteiger partial charge in [-0.3, -0.25) is 4.99 Å². The van der Waals surface area contributed by atoms with Crippen molar-refractivity contribution in [1.29, 1.82) is 0 Å². The Labute approximate surface area is 279 Å². The minimum atomic E-state index is -0.448. The number of benzene rings is 7. The highest BCUT2D eigenvalue weighted by Gasteiger charge is 2.50. The predicted octanol–water partition coefficient (Wildman–Crippen LogP) is 8.90. The minimum Gasteiger partial charge on any atom is -0.457 e. The molecule has 0 amide bonds. The van der Waals surface area contributed by atoms with E-state index in [1.54, 1.807) is 0 Å². The molecule has 2 heterocycles. The first-order valence-corrected chi connectivity index (χ1v) is 16.5. The molecule has 1 N–H and O–H groups in total. The average molecular weight is 615 g/mol. The normalized spacial score (nSPS) is 15.9. The fourth-order valence-electron chi connectivity index (χ4n) is 8.08. The van der Waals surface area contributed by atoms with Crippen molar-refractivity contribution in [3.05, 3.63) is 214 Å². The summed E-state index contributed by atoms with van der Waals surface area (Å²) in [5.41, 5.74) is 12.8. The maximum absolute atomic E-state index is 6.49. The van der Waals surface area contributed by atoms with E-state index >= 15 is 0 Å². The maximum Gasteiger partial charge on any atom is 0.145 e. The minimum absolute atomic E-state index is 0.139. The van der Waals surface area contributed by atoms with Crippen LogP contribution in [0.15, 0.2) is 175 Å². The molecule has 0 aromatic heterocycles. The van der Waals surface area contributed by atoms with Gasteiger partial charge >= 0.3 is 0 Å². The van der Waals surface area contributed by atoms with Crippen molar-refractivity contribution < 1.29 is 4.74 Å². The van der Waals surface area contributed by atoms with Gasteiger partial charge in [-0.15, -0.1) is 0 Å². The molecule has 226 valence electrons. The fourth-order valence-corrected chi connectivity index (χ4v) is 8.08. The lowest BCUT2D eigenvalue weighted by Gasteiger charge is -2.39. The second-order valence-corrected chi connectivity index (χ2v) is 12.7. The van der Waals surface area contributed by atoms with Gasteiger partial charge in [-0.25, -0.2) is 0 Å². The van der Waals surface area contributed by atoms with E-state index in [0.29, 0.717) is 0 Å². The number of fused-ring (bicyclic) bond motifs is 10. The Morgan fingerprint density at radius 1 is 0.479 bits per heavy atom. The summed E-state index contributed by atoms with van der Waals surface area (Å²) < 4.78 is 6.49. The highest BCUT2D eigenvalue weighted by molar-refractivity contribution is 5.90. The van der Waals surface area contributed by atoms with Gasteiger partial charge in [0.05, 0.1) is 16.5 Å². The number of nitrogens with zero attached hydrogens (tertiary/aromatic N) is 1. The quantitative estimate of drug-likeness (QED) is 0.216. The first kappa shape index (κ1) is 27.0. The molecule has 0 bridgehead atoms. The molecule has 3 nitrogen and oxygen atoms in total. The lowest BCUT2D eigenvalue weighted by Crippen LogP contribution is -2.39. The molecule has 0 saturated heterocycles. The van der Waals surface area contributed by atoms with Crippen LogP contribution in [0.1, 0.15) is 39.5 Å². The summed E-state index contributed by atoms with van der Waals surface area (Å²) in [6, 6.07) is 60.7. The zero-order valence-electron chi connectivity index (χ0n) is 26.1. The lowest BCUT2D eigenvalue weighted by molar-refractivity contribution is 0.436. The van der Waals surface area contributed by atoms with E-state index in [0.717, 1.165) is 38.9 Å². The number of ether oxygens (including phenoxy) is 1. The topological polar surface area (TPSA) is 33.6 Å². The van der Waals surface area contributed by atoms with E-state index in [-0.39, 0.29) is 6.17 Å². The van der Waals surface area contributed by atoms with Crippen molar-refractivity contribution in [3.63, 3.8) is 0 Å². The summed E-state index contributed by atoms with van der Waals surface area (Å²) in [6.07, 6.45) is -0.139. The van der Waals surface area contributed by atoms with Crippen LogP contribution >= 0.6 is 0 Å². The van der Waals surface area contributed by atoms with Crippen molar-refractivity contribution in [3.8, 4) is 33.8 Å². The van der Waals surface area contributed by atoms with Gasteiger partial charge in [0, 0.05) is 16.3 Å². The van der Waals surface area contributed by atoms with Gasteiger partial charge < -0.3 is 10.1 Å². The first-order valence-electron chi connectivity index (χ1n) is 16.5. The zero-order valence-corrected chi connectivity index (χ0v) is 26.1. The SMILES string of the molecule is c1ccc(C2N=c3ccccc3=C(c3ccc(-c4ccc5c(c4)-c4ccccc4C54c5ccccc5Oc5ccccc54)cc3)N2)cc1. The highest BCUT2D eigenvalue weighted by atomic mass is 16.5. The van der Waals surface area contributed by atoms with E-state index in [1.807, 2.05) is 6.07 Å². The molecule has 7 aromatic rings. The molecule has 0 saturated carbocycles. The number of nitrogens with one attached hydrogen (secondary N) is 1. The van der Waals surface area contributed by atoms with Crippen LogP contribution in [0.3, 0.4) is 0 Å². The molecular formula is C45H30N2O. The van der Waals surface area contributed by atoms with E-state index in [1.165, 1.54) is 44.5 Å². The standard InChI is InChI=1S/C45H30N2O/c1-2-12-31(13-3-1)44-46-40-19-9-5-15-34(40)43(47-44)30-24-22-29(23-25-30)32-26-27-37-35(28-32)33-14-4-6-16-36(33)45(37)38-17-7-10-20-41(38)48-42-21-11-8-18-39(42)45/h1-28,44,47H. The number of hydrogen-bond acceptors (Lipinski definition) is 3. The summed E-state index contributed by atoms with van der Waals surface area (Å²) in [6.45, 7) is 0.